The highest BCUT2D eigenvalue weighted by atomic mass is 16.2. The fourth-order valence-electron chi connectivity index (χ4n) is 2.82. The van der Waals surface area contributed by atoms with Gasteiger partial charge in [-0.1, -0.05) is 36.8 Å². The maximum absolute atomic E-state index is 12.3. The van der Waals surface area contributed by atoms with Gasteiger partial charge in [-0.3, -0.25) is 9.69 Å². The Balaban J connectivity index is 1.74. The Morgan fingerprint density at radius 2 is 2.00 bits per heavy atom. The number of nitrogens with zero attached hydrogens (tertiary/aromatic N) is 2. The Labute approximate surface area is 128 Å². The monoisotopic (exact) mass is 289 g/mol. The van der Waals surface area contributed by atoms with E-state index in [4.69, 9.17) is 0 Å². The molecule has 0 bridgehead atoms. The minimum Gasteiger partial charge on any atom is -0.340 e. The number of carbonyl (C=O) groups is 1. The molecule has 1 aliphatic heterocycles. The highest BCUT2D eigenvalue weighted by Crippen LogP contribution is 2.08. The van der Waals surface area contributed by atoms with Gasteiger partial charge < -0.3 is 10.2 Å². The molecule has 0 aromatic heterocycles. The zero-order chi connectivity index (χ0) is 15.1. The summed E-state index contributed by atoms with van der Waals surface area (Å²) in [6.45, 7) is 3.22. The van der Waals surface area contributed by atoms with Gasteiger partial charge in [-0.05, 0) is 32.0 Å². The summed E-state index contributed by atoms with van der Waals surface area (Å²) in [6.07, 6.45) is 3.80. The van der Waals surface area contributed by atoms with Crippen LogP contribution in [0.5, 0.6) is 0 Å². The lowest BCUT2D eigenvalue weighted by Crippen LogP contribution is -2.45. The van der Waals surface area contributed by atoms with Crippen molar-refractivity contribution in [3.8, 4) is 0 Å². The smallest absolute Gasteiger partial charge is 0.236 e. The number of nitrogens with one attached hydrogen (secondary N) is 1. The van der Waals surface area contributed by atoms with Gasteiger partial charge in [-0.2, -0.15) is 0 Å². The zero-order valence-corrected chi connectivity index (χ0v) is 13.2. The second kappa shape index (κ2) is 8.15. The molecular weight excluding hydrogens is 262 g/mol. The summed E-state index contributed by atoms with van der Waals surface area (Å²) in [7, 11) is 3.91. The first-order chi connectivity index (χ1) is 10.1. The topological polar surface area (TPSA) is 35.6 Å². The van der Waals surface area contributed by atoms with E-state index in [9.17, 15) is 4.79 Å². The molecule has 2 rings (SSSR count). The van der Waals surface area contributed by atoms with Gasteiger partial charge in [-0.25, -0.2) is 0 Å². The van der Waals surface area contributed by atoms with Crippen LogP contribution in [0, 0.1) is 0 Å². The fraction of sp³-hybridized carbons (Fsp3) is 0.588. The van der Waals surface area contributed by atoms with Gasteiger partial charge in [0.05, 0.1) is 6.54 Å². The first-order valence-electron chi connectivity index (χ1n) is 7.85. The Morgan fingerprint density at radius 1 is 1.24 bits per heavy atom. The number of amides is 1. The molecular formula is C17H27N3O. The minimum atomic E-state index is 0.178. The third-order valence-corrected chi connectivity index (χ3v) is 4.04. The summed E-state index contributed by atoms with van der Waals surface area (Å²) < 4.78 is 0. The van der Waals surface area contributed by atoms with Crippen molar-refractivity contribution in [2.24, 2.45) is 0 Å². The number of hydrogen-bond donors (Lipinski definition) is 1. The lowest BCUT2D eigenvalue weighted by Gasteiger charge is -2.29. The average molecular weight is 289 g/mol. The Hall–Kier alpha value is -1.39. The van der Waals surface area contributed by atoms with E-state index < -0.39 is 0 Å². The van der Waals surface area contributed by atoms with Gasteiger partial charge >= 0.3 is 0 Å². The van der Waals surface area contributed by atoms with Crippen molar-refractivity contribution >= 4 is 5.91 Å². The normalized spacial score (nSPS) is 18.7. The molecule has 1 heterocycles. The second-order valence-electron chi connectivity index (χ2n) is 6.08. The molecule has 0 spiro atoms. The maximum atomic E-state index is 12.3. The second-order valence-corrected chi connectivity index (χ2v) is 6.08. The third kappa shape index (κ3) is 5.48. The molecule has 1 aromatic carbocycles. The number of piperidine rings is 1. The number of hydrogen-bond acceptors (Lipinski definition) is 3. The van der Waals surface area contributed by atoms with Gasteiger partial charge in [0.1, 0.15) is 0 Å². The molecule has 1 amide bonds. The van der Waals surface area contributed by atoms with Crippen molar-refractivity contribution < 1.29 is 4.79 Å². The molecule has 4 heteroatoms. The van der Waals surface area contributed by atoms with Crippen molar-refractivity contribution in [2.45, 2.75) is 31.8 Å². The Bertz CT molecular complexity index is 429. The van der Waals surface area contributed by atoms with Gasteiger partial charge in [0.15, 0.2) is 0 Å². The van der Waals surface area contributed by atoms with E-state index in [0.29, 0.717) is 19.1 Å². The Morgan fingerprint density at radius 3 is 2.67 bits per heavy atom. The molecule has 1 N–H and O–H groups in total. The molecule has 1 unspecified atom stereocenters. The van der Waals surface area contributed by atoms with E-state index in [-0.39, 0.29) is 5.91 Å². The SMILES string of the molecule is CN(CC(=O)N(C)Cc1ccccc1)CC1CCCCN1. The first-order valence-corrected chi connectivity index (χ1v) is 7.85. The molecule has 1 atom stereocenters. The van der Waals surface area contributed by atoms with E-state index in [0.717, 1.165) is 13.1 Å². The number of likely N-dealkylation sites (N-methyl/N-ethyl adjacent to an activating group) is 2. The molecule has 21 heavy (non-hydrogen) atoms. The van der Waals surface area contributed by atoms with Gasteiger partial charge in [0, 0.05) is 26.2 Å². The van der Waals surface area contributed by atoms with Crippen LogP contribution >= 0.6 is 0 Å². The van der Waals surface area contributed by atoms with Crippen molar-refractivity contribution in [2.75, 3.05) is 33.7 Å². The summed E-state index contributed by atoms with van der Waals surface area (Å²) in [6, 6.07) is 10.7. The van der Waals surface area contributed by atoms with Gasteiger partial charge in [-0.15, -0.1) is 0 Å². The summed E-state index contributed by atoms with van der Waals surface area (Å²) in [5, 5.41) is 3.53. The summed E-state index contributed by atoms with van der Waals surface area (Å²) >= 11 is 0. The average Bonchev–Trinajstić information content (AvgIpc) is 2.49. The van der Waals surface area contributed by atoms with Gasteiger partial charge in [0.2, 0.25) is 5.91 Å². The molecule has 0 radical (unpaired) electrons. The first kappa shape index (κ1) is 16.0. The van der Waals surface area contributed by atoms with Crippen molar-refractivity contribution in [1.82, 2.24) is 15.1 Å². The lowest BCUT2D eigenvalue weighted by atomic mass is 10.0. The van der Waals surface area contributed by atoms with Crippen LogP contribution in [0.15, 0.2) is 30.3 Å². The molecule has 1 aliphatic rings. The van der Waals surface area contributed by atoms with Crippen LogP contribution in [0.3, 0.4) is 0 Å². The highest BCUT2D eigenvalue weighted by Gasteiger charge is 2.17. The molecule has 0 saturated carbocycles. The van der Waals surface area contributed by atoms with E-state index in [1.165, 1.54) is 24.8 Å². The predicted octanol–water partition coefficient (Wildman–Crippen LogP) is 1.72. The van der Waals surface area contributed by atoms with E-state index in [1.807, 2.05) is 32.3 Å². The van der Waals surface area contributed by atoms with E-state index in [1.54, 1.807) is 4.90 Å². The van der Waals surface area contributed by atoms with Crippen molar-refractivity contribution in [3.63, 3.8) is 0 Å². The predicted molar refractivity (Wildman–Crippen MR) is 86.1 cm³/mol. The fourth-order valence-corrected chi connectivity index (χ4v) is 2.82. The van der Waals surface area contributed by atoms with Crippen LogP contribution in [0.25, 0.3) is 0 Å². The van der Waals surface area contributed by atoms with Gasteiger partial charge in [0.25, 0.3) is 0 Å². The van der Waals surface area contributed by atoms with Crippen molar-refractivity contribution in [1.29, 1.82) is 0 Å². The quantitative estimate of drug-likeness (QED) is 0.866. The molecule has 1 saturated heterocycles. The van der Waals surface area contributed by atoms with Crippen LogP contribution in [-0.4, -0.2) is 55.5 Å². The molecule has 4 nitrogen and oxygen atoms in total. The molecule has 1 fully saturated rings. The maximum Gasteiger partial charge on any atom is 0.236 e. The van der Waals surface area contributed by atoms with Crippen LogP contribution in [0.4, 0.5) is 0 Å². The lowest BCUT2D eigenvalue weighted by molar-refractivity contribution is -0.131. The van der Waals surface area contributed by atoms with Crippen LogP contribution in [0.1, 0.15) is 24.8 Å². The third-order valence-electron chi connectivity index (χ3n) is 4.04. The van der Waals surface area contributed by atoms with Crippen LogP contribution in [-0.2, 0) is 11.3 Å². The Kier molecular flexibility index (Phi) is 6.21. The molecule has 116 valence electrons. The number of benzene rings is 1. The van der Waals surface area contributed by atoms with E-state index >= 15 is 0 Å². The molecule has 0 aliphatic carbocycles. The van der Waals surface area contributed by atoms with Crippen molar-refractivity contribution in [3.05, 3.63) is 35.9 Å². The number of carbonyl (C=O) groups excluding carboxylic acids is 1. The summed E-state index contributed by atoms with van der Waals surface area (Å²) in [5.74, 6) is 0.178. The highest BCUT2D eigenvalue weighted by molar-refractivity contribution is 5.77. The standard InChI is InChI=1S/C17H27N3O/c1-19(13-16-10-6-7-11-18-16)14-17(21)20(2)12-15-8-4-3-5-9-15/h3-5,8-9,16,18H,6-7,10-14H2,1-2H3. The zero-order valence-electron chi connectivity index (χ0n) is 13.2. The van der Waals surface area contributed by atoms with Crippen LogP contribution < -0.4 is 5.32 Å². The number of rotatable bonds is 6. The molecule has 1 aromatic rings. The summed E-state index contributed by atoms with van der Waals surface area (Å²) in [4.78, 5) is 16.2. The summed E-state index contributed by atoms with van der Waals surface area (Å²) in [5.41, 5.74) is 1.17. The van der Waals surface area contributed by atoms with Crippen LogP contribution in [0.2, 0.25) is 0 Å². The largest absolute Gasteiger partial charge is 0.340 e. The van der Waals surface area contributed by atoms with E-state index in [2.05, 4.69) is 22.3 Å². The minimum absolute atomic E-state index is 0.178.